The zero-order chi connectivity index (χ0) is 18.5. The minimum atomic E-state index is -0.526. The van der Waals surface area contributed by atoms with E-state index in [0.29, 0.717) is 38.4 Å². The summed E-state index contributed by atoms with van der Waals surface area (Å²) in [4.78, 5) is 20.3. The second-order valence-electron chi connectivity index (χ2n) is 6.67. The topological polar surface area (TPSA) is 98.2 Å². The number of hydrogen-bond acceptors (Lipinski definition) is 4. The van der Waals surface area contributed by atoms with E-state index in [1.165, 1.54) is 24.4 Å². The van der Waals surface area contributed by atoms with Gasteiger partial charge in [0.15, 0.2) is 0 Å². The molecule has 0 atom stereocenters. The van der Waals surface area contributed by atoms with Crippen LogP contribution in [0.3, 0.4) is 0 Å². The van der Waals surface area contributed by atoms with Gasteiger partial charge in [-0.05, 0) is 32.0 Å². The lowest BCUT2D eigenvalue weighted by atomic mass is 9.92. The minimum Gasteiger partial charge on any atom is -0.341 e. The smallest absolute Gasteiger partial charge is 0.272 e. The van der Waals surface area contributed by atoms with Crippen LogP contribution in [0.1, 0.15) is 19.7 Å². The van der Waals surface area contributed by atoms with Crippen LogP contribution >= 0.6 is 0 Å². The summed E-state index contributed by atoms with van der Waals surface area (Å²) in [5.41, 5.74) is 0.376. The van der Waals surface area contributed by atoms with Crippen LogP contribution in [0.15, 0.2) is 41.3 Å². The van der Waals surface area contributed by atoms with Crippen LogP contribution in [0, 0.1) is 17.1 Å². The molecule has 26 heavy (non-hydrogen) atoms. The highest BCUT2D eigenvalue weighted by Gasteiger charge is 2.24. The molecule has 6 nitrogen and oxygen atoms in total. The Hall–Kier alpha value is -3.53. The molecule has 0 aliphatic heterocycles. The number of allylic oxidation sites excluding steroid dienone is 2. The molecule has 0 unspecified atom stereocenters. The molecule has 128 valence electrons. The van der Waals surface area contributed by atoms with E-state index < -0.39 is 11.2 Å². The quantitative estimate of drug-likeness (QED) is 0.428. The van der Waals surface area contributed by atoms with E-state index in [4.69, 9.17) is 10.2 Å². The molecule has 0 fully saturated rings. The van der Waals surface area contributed by atoms with Gasteiger partial charge in [-0.3, -0.25) is 4.79 Å². The van der Waals surface area contributed by atoms with Gasteiger partial charge in [-0.2, -0.15) is 10.4 Å². The van der Waals surface area contributed by atoms with E-state index in [1.54, 1.807) is 12.1 Å². The first kappa shape index (κ1) is 16.0. The van der Waals surface area contributed by atoms with Gasteiger partial charge in [0, 0.05) is 27.6 Å². The van der Waals surface area contributed by atoms with Gasteiger partial charge >= 0.3 is 0 Å². The number of aromatic nitrogens is 4. The summed E-state index contributed by atoms with van der Waals surface area (Å²) in [5, 5.41) is 17.2. The molecule has 2 aromatic carbocycles. The number of hydrogen-bond donors (Lipinski definition) is 2. The van der Waals surface area contributed by atoms with Crippen LogP contribution in [-0.2, 0) is 5.41 Å². The number of fused-ring (bicyclic) bond motifs is 6. The highest BCUT2D eigenvalue weighted by atomic mass is 19.1. The van der Waals surface area contributed by atoms with E-state index in [1.807, 2.05) is 19.9 Å². The van der Waals surface area contributed by atoms with Crippen molar-refractivity contribution in [3.05, 3.63) is 58.5 Å². The van der Waals surface area contributed by atoms with Crippen molar-refractivity contribution in [3.8, 4) is 6.07 Å². The number of nitrogens with zero attached hydrogens (tertiary/aromatic N) is 3. The Kier molecular flexibility index (Phi) is 3.37. The van der Waals surface area contributed by atoms with Crippen LogP contribution in [0.4, 0.5) is 4.39 Å². The average Bonchev–Trinajstić information content (AvgIpc) is 3.06. The summed E-state index contributed by atoms with van der Waals surface area (Å²) >= 11 is 0. The summed E-state index contributed by atoms with van der Waals surface area (Å²) in [5.74, 6) is 0.208. The van der Waals surface area contributed by atoms with E-state index in [0.717, 1.165) is 0 Å². The molecule has 7 heteroatoms. The van der Waals surface area contributed by atoms with Crippen LogP contribution in [0.2, 0.25) is 0 Å². The number of rotatable bonds is 2. The SMILES string of the molecule is CC(C)(C=CC#N)c1nc2c3ccc(F)cc3c3c(=O)[nH]ncc3c2[nH]1. The summed E-state index contributed by atoms with van der Waals surface area (Å²) < 4.78 is 13.8. The standard InChI is InChI=1S/C19H14FN5O/c1-19(2,6-3-7-21)18-23-15-11-5-4-10(20)8-12(11)14-13(16(15)24-18)9-22-25-17(14)26/h3-6,8-9H,1-2H3,(H,23,24)(H,25,26). The zero-order valence-electron chi connectivity index (χ0n) is 14.1. The second-order valence-corrected chi connectivity index (χ2v) is 6.67. The lowest BCUT2D eigenvalue weighted by Gasteiger charge is -2.15. The van der Waals surface area contributed by atoms with E-state index in [9.17, 15) is 9.18 Å². The predicted molar refractivity (Wildman–Crippen MR) is 97.3 cm³/mol. The fourth-order valence-electron chi connectivity index (χ4n) is 3.18. The van der Waals surface area contributed by atoms with Crippen molar-refractivity contribution in [1.82, 2.24) is 20.2 Å². The molecule has 4 rings (SSSR count). The molecular formula is C19H14FN5O. The molecule has 0 radical (unpaired) electrons. The van der Waals surface area contributed by atoms with Gasteiger partial charge in [0.05, 0.1) is 28.7 Å². The lowest BCUT2D eigenvalue weighted by Crippen LogP contribution is -2.15. The Labute approximate surface area is 147 Å². The molecule has 0 bridgehead atoms. The summed E-state index contributed by atoms with van der Waals surface area (Å²) in [6, 6.07) is 6.28. The maximum Gasteiger partial charge on any atom is 0.272 e. The van der Waals surface area contributed by atoms with Crippen LogP contribution in [0.25, 0.3) is 32.6 Å². The largest absolute Gasteiger partial charge is 0.341 e. The van der Waals surface area contributed by atoms with E-state index in [-0.39, 0.29) is 5.56 Å². The van der Waals surface area contributed by atoms with Gasteiger partial charge in [0.25, 0.3) is 5.56 Å². The Bertz CT molecular complexity index is 1310. The van der Waals surface area contributed by atoms with Crippen molar-refractivity contribution >= 4 is 32.6 Å². The van der Waals surface area contributed by atoms with Gasteiger partial charge in [0.1, 0.15) is 11.6 Å². The fraction of sp³-hybridized carbons (Fsp3) is 0.158. The fourth-order valence-corrected chi connectivity index (χ4v) is 3.18. The number of halogens is 1. The molecule has 2 aromatic heterocycles. The number of benzene rings is 2. The van der Waals surface area contributed by atoms with Gasteiger partial charge in [-0.1, -0.05) is 6.08 Å². The summed E-state index contributed by atoms with van der Waals surface area (Å²) in [7, 11) is 0. The van der Waals surface area contributed by atoms with Crippen molar-refractivity contribution in [2.24, 2.45) is 0 Å². The zero-order valence-corrected chi connectivity index (χ0v) is 14.1. The number of H-pyrrole nitrogens is 2. The number of nitrogens with one attached hydrogen (secondary N) is 2. The van der Waals surface area contributed by atoms with Gasteiger partial charge in [-0.15, -0.1) is 0 Å². The second kappa shape index (κ2) is 5.49. The third-order valence-corrected chi connectivity index (χ3v) is 4.52. The Morgan fingerprint density at radius 2 is 2.08 bits per heavy atom. The molecule has 0 aliphatic carbocycles. The molecule has 0 saturated heterocycles. The minimum absolute atomic E-state index is 0.363. The molecule has 0 amide bonds. The Morgan fingerprint density at radius 3 is 2.85 bits per heavy atom. The molecule has 0 saturated carbocycles. The first-order chi connectivity index (χ1) is 12.4. The van der Waals surface area contributed by atoms with Gasteiger partial charge < -0.3 is 4.98 Å². The molecule has 2 N–H and O–H groups in total. The van der Waals surface area contributed by atoms with Crippen molar-refractivity contribution < 1.29 is 4.39 Å². The van der Waals surface area contributed by atoms with Gasteiger partial charge in [-0.25, -0.2) is 14.5 Å². The van der Waals surface area contributed by atoms with Crippen LogP contribution in [0.5, 0.6) is 0 Å². The number of aromatic amines is 2. The highest BCUT2D eigenvalue weighted by molar-refractivity contribution is 6.22. The highest BCUT2D eigenvalue weighted by Crippen LogP contribution is 2.34. The molecule has 0 aliphatic rings. The molecule has 2 heterocycles. The normalized spacial score (nSPS) is 12.4. The van der Waals surface area contributed by atoms with E-state index in [2.05, 4.69) is 15.2 Å². The maximum atomic E-state index is 13.8. The summed E-state index contributed by atoms with van der Waals surface area (Å²) in [6.07, 6.45) is 4.69. The van der Waals surface area contributed by atoms with Gasteiger partial charge in [0.2, 0.25) is 0 Å². The van der Waals surface area contributed by atoms with Crippen molar-refractivity contribution in [3.63, 3.8) is 0 Å². The van der Waals surface area contributed by atoms with Crippen molar-refractivity contribution in [2.75, 3.05) is 0 Å². The van der Waals surface area contributed by atoms with Crippen LogP contribution < -0.4 is 5.56 Å². The lowest BCUT2D eigenvalue weighted by molar-refractivity contribution is 0.627. The molecule has 4 aromatic rings. The predicted octanol–water partition coefficient (Wildman–Crippen LogP) is 3.45. The molecular weight excluding hydrogens is 333 g/mol. The Balaban J connectivity index is 2.20. The maximum absolute atomic E-state index is 13.8. The van der Waals surface area contributed by atoms with Crippen molar-refractivity contribution in [1.29, 1.82) is 5.26 Å². The van der Waals surface area contributed by atoms with E-state index >= 15 is 0 Å². The van der Waals surface area contributed by atoms with Crippen LogP contribution in [-0.4, -0.2) is 20.2 Å². The number of nitriles is 1. The Morgan fingerprint density at radius 1 is 1.27 bits per heavy atom. The first-order valence-corrected chi connectivity index (χ1v) is 7.98. The third-order valence-electron chi connectivity index (χ3n) is 4.52. The third kappa shape index (κ3) is 2.27. The van der Waals surface area contributed by atoms with Crippen molar-refractivity contribution in [2.45, 2.75) is 19.3 Å². The average molecular weight is 347 g/mol. The number of imidazole rings is 1. The summed E-state index contributed by atoms with van der Waals surface area (Å²) in [6.45, 7) is 3.85. The first-order valence-electron chi connectivity index (χ1n) is 7.98. The molecule has 0 spiro atoms. The monoisotopic (exact) mass is 347 g/mol.